The van der Waals surface area contributed by atoms with Crippen molar-refractivity contribution in [2.45, 2.75) is 12.5 Å². The lowest BCUT2D eigenvalue weighted by Gasteiger charge is -2.15. The fourth-order valence-corrected chi connectivity index (χ4v) is 3.74. The van der Waals surface area contributed by atoms with Crippen molar-refractivity contribution in [3.8, 4) is 28.0 Å². The lowest BCUT2D eigenvalue weighted by Crippen LogP contribution is -2.42. The summed E-state index contributed by atoms with van der Waals surface area (Å²) >= 11 is 0. The van der Waals surface area contributed by atoms with Crippen molar-refractivity contribution in [1.29, 1.82) is 0 Å². The molecule has 0 aromatic heterocycles. The Bertz CT molecular complexity index is 1250. The average Bonchev–Trinajstić information content (AvgIpc) is 2.89. The quantitative estimate of drug-likeness (QED) is 0.373. The van der Waals surface area contributed by atoms with Crippen LogP contribution in [-0.4, -0.2) is 30.1 Å². The van der Waals surface area contributed by atoms with Gasteiger partial charge in [-0.3, -0.25) is 4.79 Å². The maximum absolute atomic E-state index is 12.7. The third-order valence-corrected chi connectivity index (χ3v) is 5.67. The summed E-state index contributed by atoms with van der Waals surface area (Å²) in [7, 11) is 1.62. The van der Waals surface area contributed by atoms with E-state index in [0.29, 0.717) is 5.56 Å². The lowest BCUT2D eigenvalue weighted by atomic mass is 10.00. The van der Waals surface area contributed by atoms with Gasteiger partial charge in [0.2, 0.25) is 0 Å². The fraction of sp³-hybridized carbons (Fsp3) is 0.103. The second-order valence-electron chi connectivity index (χ2n) is 7.94. The molecule has 0 saturated carbocycles. The summed E-state index contributed by atoms with van der Waals surface area (Å²) < 4.78 is 5.18. The summed E-state index contributed by atoms with van der Waals surface area (Å²) in [5, 5.41) is 12.3. The molecule has 5 nitrogen and oxygen atoms in total. The van der Waals surface area contributed by atoms with E-state index in [1.165, 1.54) is 0 Å². The number of aliphatic carboxylic acids is 1. The second-order valence-corrected chi connectivity index (χ2v) is 7.94. The highest BCUT2D eigenvalue weighted by Gasteiger charge is 2.21. The maximum Gasteiger partial charge on any atom is 0.326 e. The van der Waals surface area contributed by atoms with Gasteiger partial charge >= 0.3 is 5.97 Å². The molecule has 170 valence electrons. The third-order valence-electron chi connectivity index (χ3n) is 5.67. The summed E-state index contributed by atoms with van der Waals surface area (Å²) in [5.41, 5.74) is 5.33. The van der Waals surface area contributed by atoms with Crippen LogP contribution in [0.2, 0.25) is 0 Å². The zero-order valence-corrected chi connectivity index (χ0v) is 18.8. The Balaban J connectivity index is 1.42. The SMILES string of the molecule is COc1ccc(-c2ccc(C(=O)N[C@@H](Cc3ccc(-c4ccccc4)cc3)C(=O)O)cc2)cc1. The van der Waals surface area contributed by atoms with Gasteiger partial charge in [-0.05, 0) is 52.1 Å². The smallest absolute Gasteiger partial charge is 0.326 e. The van der Waals surface area contributed by atoms with E-state index in [1.54, 1.807) is 19.2 Å². The van der Waals surface area contributed by atoms with Crippen LogP contribution in [0.25, 0.3) is 22.3 Å². The molecule has 0 saturated heterocycles. The lowest BCUT2D eigenvalue weighted by molar-refractivity contribution is -0.139. The van der Waals surface area contributed by atoms with Gasteiger partial charge in [-0.1, -0.05) is 78.9 Å². The molecule has 2 N–H and O–H groups in total. The first-order valence-corrected chi connectivity index (χ1v) is 11.0. The summed E-state index contributed by atoms with van der Waals surface area (Å²) in [5.74, 6) is -0.723. The molecule has 0 heterocycles. The molecule has 34 heavy (non-hydrogen) atoms. The van der Waals surface area contributed by atoms with E-state index in [-0.39, 0.29) is 6.42 Å². The number of rotatable bonds is 8. The first-order valence-electron chi connectivity index (χ1n) is 11.0. The standard InChI is InChI=1S/C29H25NO4/c1-34-26-17-15-24(16-18-26)23-11-13-25(14-12-23)28(31)30-27(29(32)33)19-20-7-9-22(10-8-20)21-5-3-2-4-6-21/h2-18,27H,19H2,1H3,(H,30,31)(H,32,33)/t27-/m0/s1. The molecule has 1 amide bonds. The number of hydrogen-bond donors (Lipinski definition) is 2. The number of amides is 1. The topological polar surface area (TPSA) is 75.6 Å². The minimum Gasteiger partial charge on any atom is -0.497 e. The molecule has 4 rings (SSSR count). The fourth-order valence-electron chi connectivity index (χ4n) is 3.74. The van der Waals surface area contributed by atoms with Crippen molar-refractivity contribution < 1.29 is 19.4 Å². The van der Waals surface area contributed by atoms with Gasteiger partial charge in [0.15, 0.2) is 0 Å². The minimum atomic E-state index is -1.07. The molecule has 0 spiro atoms. The molecule has 0 bridgehead atoms. The second kappa shape index (κ2) is 10.5. The molecular formula is C29H25NO4. The maximum atomic E-state index is 12.7. The van der Waals surface area contributed by atoms with Crippen LogP contribution in [-0.2, 0) is 11.2 Å². The van der Waals surface area contributed by atoms with Gasteiger partial charge in [0, 0.05) is 12.0 Å². The largest absolute Gasteiger partial charge is 0.497 e. The first kappa shape index (κ1) is 22.8. The van der Waals surface area contributed by atoms with Gasteiger partial charge in [-0.15, -0.1) is 0 Å². The molecule has 0 radical (unpaired) electrons. The van der Waals surface area contributed by atoms with Gasteiger partial charge in [-0.2, -0.15) is 0 Å². The zero-order chi connectivity index (χ0) is 23.9. The number of carboxylic acids is 1. The van der Waals surface area contributed by atoms with Crippen molar-refractivity contribution >= 4 is 11.9 Å². The number of carbonyl (C=O) groups excluding carboxylic acids is 1. The molecule has 4 aromatic carbocycles. The molecule has 0 aliphatic heterocycles. The number of nitrogens with one attached hydrogen (secondary N) is 1. The number of methoxy groups -OCH3 is 1. The first-order chi connectivity index (χ1) is 16.5. The van der Waals surface area contributed by atoms with Crippen LogP contribution in [0.5, 0.6) is 5.75 Å². The highest BCUT2D eigenvalue weighted by atomic mass is 16.5. The molecule has 0 aliphatic carbocycles. The van der Waals surface area contributed by atoms with Gasteiger partial charge in [0.1, 0.15) is 11.8 Å². The van der Waals surface area contributed by atoms with Crippen LogP contribution >= 0.6 is 0 Å². The van der Waals surface area contributed by atoms with Gasteiger partial charge < -0.3 is 15.2 Å². The van der Waals surface area contributed by atoms with Crippen molar-refractivity contribution in [2.24, 2.45) is 0 Å². The van der Waals surface area contributed by atoms with E-state index in [4.69, 9.17) is 4.74 Å². The zero-order valence-electron chi connectivity index (χ0n) is 18.8. The Morgan fingerprint density at radius 1 is 0.735 bits per heavy atom. The van der Waals surface area contributed by atoms with Crippen LogP contribution in [0, 0.1) is 0 Å². The molecule has 0 aliphatic rings. The number of carboxylic acid groups (broad SMARTS) is 1. The molecule has 5 heteroatoms. The van der Waals surface area contributed by atoms with Crippen molar-refractivity contribution in [1.82, 2.24) is 5.32 Å². The summed E-state index contributed by atoms with van der Waals surface area (Å²) in [4.78, 5) is 24.6. The van der Waals surface area contributed by atoms with Crippen LogP contribution < -0.4 is 10.1 Å². The number of hydrogen-bond acceptors (Lipinski definition) is 3. The van der Waals surface area contributed by atoms with Crippen molar-refractivity contribution in [3.63, 3.8) is 0 Å². The van der Waals surface area contributed by atoms with Crippen LogP contribution in [0.15, 0.2) is 103 Å². The van der Waals surface area contributed by atoms with Gasteiger partial charge in [-0.25, -0.2) is 4.79 Å². The third kappa shape index (κ3) is 5.51. The Kier molecular flexibility index (Phi) is 7.04. The normalized spacial score (nSPS) is 11.4. The van der Waals surface area contributed by atoms with E-state index in [0.717, 1.165) is 33.6 Å². The predicted octanol–water partition coefficient (Wildman–Crippen LogP) is 5.45. The summed E-state index contributed by atoms with van der Waals surface area (Å²) in [6.07, 6.45) is 0.195. The van der Waals surface area contributed by atoms with Gasteiger partial charge in [0.05, 0.1) is 7.11 Å². The van der Waals surface area contributed by atoms with E-state index in [2.05, 4.69) is 5.32 Å². The van der Waals surface area contributed by atoms with E-state index in [1.807, 2.05) is 91.0 Å². The average molecular weight is 452 g/mol. The molecule has 0 unspecified atom stereocenters. The number of ether oxygens (including phenoxy) is 1. The van der Waals surface area contributed by atoms with E-state index < -0.39 is 17.9 Å². The van der Waals surface area contributed by atoms with Crippen molar-refractivity contribution in [2.75, 3.05) is 7.11 Å². The number of benzene rings is 4. The predicted molar refractivity (Wildman–Crippen MR) is 133 cm³/mol. The van der Waals surface area contributed by atoms with E-state index >= 15 is 0 Å². The molecule has 0 fully saturated rings. The molecular weight excluding hydrogens is 426 g/mol. The van der Waals surface area contributed by atoms with E-state index in [9.17, 15) is 14.7 Å². The van der Waals surface area contributed by atoms with Crippen molar-refractivity contribution in [3.05, 3.63) is 114 Å². The Morgan fingerprint density at radius 3 is 1.76 bits per heavy atom. The van der Waals surface area contributed by atoms with Crippen LogP contribution in [0.3, 0.4) is 0 Å². The molecule has 4 aromatic rings. The van der Waals surface area contributed by atoms with Crippen LogP contribution in [0.4, 0.5) is 0 Å². The monoisotopic (exact) mass is 451 g/mol. The Hall–Kier alpha value is -4.38. The highest BCUT2D eigenvalue weighted by Crippen LogP contribution is 2.23. The summed E-state index contributed by atoms with van der Waals surface area (Å²) in [6, 6.07) is 31.4. The number of carbonyl (C=O) groups is 2. The van der Waals surface area contributed by atoms with Gasteiger partial charge in [0.25, 0.3) is 5.91 Å². The van der Waals surface area contributed by atoms with Crippen LogP contribution in [0.1, 0.15) is 15.9 Å². The Morgan fingerprint density at radius 2 is 1.24 bits per heavy atom. The summed E-state index contributed by atoms with van der Waals surface area (Å²) in [6.45, 7) is 0. The molecule has 1 atom stereocenters. The Labute approximate surface area is 198 Å². The minimum absolute atomic E-state index is 0.195. The highest BCUT2D eigenvalue weighted by molar-refractivity contribution is 5.97.